The van der Waals surface area contributed by atoms with Crippen molar-refractivity contribution in [2.75, 3.05) is 13.7 Å². The van der Waals surface area contributed by atoms with Gasteiger partial charge in [0.15, 0.2) is 6.61 Å². The minimum Gasteiger partial charge on any atom is -0.496 e. The van der Waals surface area contributed by atoms with Crippen LogP contribution in [0.25, 0.3) is 0 Å². The fourth-order valence-electron chi connectivity index (χ4n) is 1.82. The lowest BCUT2D eigenvalue weighted by atomic mass is 10.2. The summed E-state index contributed by atoms with van der Waals surface area (Å²) >= 11 is 17.6. The molecule has 132 valence electrons. The van der Waals surface area contributed by atoms with Crippen LogP contribution < -0.4 is 20.3 Å². The van der Waals surface area contributed by atoms with Gasteiger partial charge in [0.2, 0.25) is 0 Å². The third kappa shape index (κ3) is 5.42. The molecule has 0 bridgehead atoms. The van der Waals surface area contributed by atoms with Gasteiger partial charge in [0.05, 0.1) is 17.7 Å². The Morgan fingerprint density at radius 1 is 0.960 bits per heavy atom. The summed E-state index contributed by atoms with van der Waals surface area (Å²) in [4.78, 5) is 23.9. The molecule has 2 N–H and O–H groups in total. The molecular weight excluding hydrogens is 391 g/mol. The normalized spacial score (nSPS) is 10.1. The van der Waals surface area contributed by atoms with Gasteiger partial charge in [-0.25, -0.2) is 0 Å². The van der Waals surface area contributed by atoms with E-state index in [1.54, 1.807) is 18.2 Å². The monoisotopic (exact) mass is 402 g/mol. The molecular formula is C16H13Cl3N2O4. The lowest BCUT2D eigenvalue weighted by Crippen LogP contribution is -2.43. The van der Waals surface area contributed by atoms with Crippen molar-refractivity contribution >= 4 is 46.6 Å². The van der Waals surface area contributed by atoms with Gasteiger partial charge >= 0.3 is 0 Å². The van der Waals surface area contributed by atoms with Gasteiger partial charge in [-0.05, 0) is 36.4 Å². The molecule has 0 aliphatic heterocycles. The fourth-order valence-corrected chi connectivity index (χ4v) is 2.46. The fraction of sp³-hybridized carbons (Fsp3) is 0.125. The Balaban J connectivity index is 1.89. The van der Waals surface area contributed by atoms with Crippen molar-refractivity contribution in [2.24, 2.45) is 0 Å². The molecule has 0 saturated carbocycles. The van der Waals surface area contributed by atoms with Gasteiger partial charge in [-0.1, -0.05) is 34.8 Å². The number of benzene rings is 2. The zero-order valence-electron chi connectivity index (χ0n) is 12.9. The highest BCUT2D eigenvalue weighted by Crippen LogP contribution is 2.27. The third-order valence-corrected chi connectivity index (χ3v) is 3.74. The Bertz CT molecular complexity index is 799. The molecule has 0 unspecified atom stereocenters. The summed E-state index contributed by atoms with van der Waals surface area (Å²) in [6.07, 6.45) is 0. The van der Waals surface area contributed by atoms with Crippen molar-refractivity contribution in [3.05, 3.63) is 57.0 Å². The second-order valence-corrected chi connectivity index (χ2v) is 5.99. The molecule has 2 amide bonds. The van der Waals surface area contributed by atoms with Crippen LogP contribution in [0.4, 0.5) is 0 Å². The van der Waals surface area contributed by atoms with E-state index in [4.69, 9.17) is 44.3 Å². The van der Waals surface area contributed by atoms with Gasteiger partial charge in [0, 0.05) is 10.0 Å². The first kappa shape index (κ1) is 19.2. The summed E-state index contributed by atoms with van der Waals surface area (Å²) in [5, 5.41) is 1.08. The smallest absolute Gasteiger partial charge is 0.276 e. The van der Waals surface area contributed by atoms with E-state index in [1.165, 1.54) is 25.3 Å². The highest BCUT2D eigenvalue weighted by molar-refractivity contribution is 6.35. The van der Waals surface area contributed by atoms with Crippen LogP contribution in [0.2, 0.25) is 15.1 Å². The van der Waals surface area contributed by atoms with Crippen molar-refractivity contribution in [1.29, 1.82) is 0 Å². The van der Waals surface area contributed by atoms with E-state index in [-0.39, 0.29) is 17.2 Å². The molecule has 2 aromatic carbocycles. The molecule has 0 aromatic heterocycles. The number of carbonyl (C=O) groups excluding carboxylic acids is 2. The van der Waals surface area contributed by atoms with E-state index in [9.17, 15) is 9.59 Å². The SMILES string of the molecule is COc1ccc(Cl)cc1C(=O)NNC(=O)COc1ccc(Cl)cc1Cl. The minimum atomic E-state index is -0.586. The molecule has 0 saturated heterocycles. The van der Waals surface area contributed by atoms with E-state index < -0.39 is 11.8 Å². The number of halogens is 3. The molecule has 6 nitrogen and oxygen atoms in total. The molecule has 0 radical (unpaired) electrons. The number of ether oxygens (including phenoxy) is 2. The standard InChI is InChI=1S/C16H13Cl3N2O4/c1-24-13-4-2-9(17)6-11(13)16(23)21-20-15(22)8-25-14-5-3-10(18)7-12(14)19/h2-7H,8H2,1H3,(H,20,22)(H,21,23). The van der Waals surface area contributed by atoms with Crippen LogP contribution in [0.1, 0.15) is 10.4 Å². The van der Waals surface area contributed by atoms with Gasteiger partial charge in [-0.2, -0.15) is 0 Å². The first-order valence-corrected chi connectivity index (χ1v) is 8.04. The van der Waals surface area contributed by atoms with Crippen LogP contribution in [-0.2, 0) is 4.79 Å². The van der Waals surface area contributed by atoms with Gasteiger partial charge < -0.3 is 9.47 Å². The number of rotatable bonds is 5. The first-order chi connectivity index (χ1) is 11.9. The van der Waals surface area contributed by atoms with Crippen LogP contribution in [0.5, 0.6) is 11.5 Å². The van der Waals surface area contributed by atoms with E-state index in [0.717, 1.165) is 0 Å². The van der Waals surface area contributed by atoms with Gasteiger partial charge in [0.25, 0.3) is 11.8 Å². The van der Waals surface area contributed by atoms with Crippen molar-refractivity contribution in [1.82, 2.24) is 10.9 Å². The van der Waals surface area contributed by atoms with E-state index in [0.29, 0.717) is 21.5 Å². The molecule has 2 aromatic rings. The van der Waals surface area contributed by atoms with Gasteiger partial charge in [-0.3, -0.25) is 20.4 Å². The second kappa shape index (κ2) is 8.80. The average molecular weight is 404 g/mol. The molecule has 0 aliphatic carbocycles. The topological polar surface area (TPSA) is 76.7 Å². The summed E-state index contributed by atoms with van der Waals surface area (Å²) in [6, 6.07) is 9.15. The first-order valence-electron chi connectivity index (χ1n) is 6.91. The molecule has 0 aliphatic rings. The summed E-state index contributed by atoms with van der Waals surface area (Å²) in [7, 11) is 1.42. The second-order valence-electron chi connectivity index (χ2n) is 4.71. The maximum absolute atomic E-state index is 12.1. The largest absolute Gasteiger partial charge is 0.496 e. The summed E-state index contributed by atoms with van der Waals surface area (Å²) in [5.41, 5.74) is 4.65. The predicted molar refractivity (Wildman–Crippen MR) is 95.6 cm³/mol. The number of hydrogen-bond donors (Lipinski definition) is 2. The van der Waals surface area contributed by atoms with E-state index in [1.807, 2.05) is 0 Å². The van der Waals surface area contributed by atoms with Crippen molar-refractivity contribution in [2.45, 2.75) is 0 Å². The Morgan fingerprint density at radius 3 is 2.24 bits per heavy atom. The Labute approximate surface area is 158 Å². The quantitative estimate of drug-likeness (QED) is 0.749. The number of nitrogens with one attached hydrogen (secondary N) is 2. The number of hydrazine groups is 1. The summed E-state index contributed by atoms with van der Waals surface area (Å²) in [5.74, 6) is -0.554. The maximum Gasteiger partial charge on any atom is 0.276 e. The summed E-state index contributed by atoms with van der Waals surface area (Å²) < 4.78 is 10.3. The van der Waals surface area contributed by atoms with E-state index >= 15 is 0 Å². The summed E-state index contributed by atoms with van der Waals surface area (Å²) in [6.45, 7) is -0.353. The predicted octanol–water partition coefficient (Wildman–Crippen LogP) is 3.50. The molecule has 2 rings (SSSR count). The number of amides is 2. The zero-order valence-corrected chi connectivity index (χ0v) is 15.2. The van der Waals surface area contributed by atoms with Crippen molar-refractivity contribution in [3.63, 3.8) is 0 Å². The lowest BCUT2D eigenvalue weighted by molar-refractivity contribution is -0.123. The molecule has 0 atom stereocenters. The van der Waals surface area contributed by atoms with Crippen LogP contribution in [0.3, 0.4) is 0 Å². The average Bonchev–Trinajstić information content (AvgIpc) is 2.58. The highest BCUT2D eigenvalue weighted by atomic mass is 35.5. The van der Waals surface area contributed by atoms with Gasteiger partial charge in [-0.15, -0.1) is 0 Å². The lowest BCUT2D eigenvalue weighted by Gasteiger charge is -2.11. The molecule has 0 spiro atoms. The van der Waals surface area contributed by atoms with Crippen molar-refractivity contribution in [3.8, 4) is 11.5 Å². The Morgan fingerprint density at radius 2 is 1.60 bits per heavy atom. The molecule has 0 heterocycles. The zero-order chi connectivity index (χ0) is 18.4. The molecule has 25 heavy (non-hydrogen) atoms. The van der Waals surface area contributed by atoms with Crippen LogP contribution in [0, 0.1) is 0 Å². The maximum atomic E-state index is 12.1. The molecule has 9 heteroatoms. The Kier molecular flexibility index (Phi) is 6.75. The van der Waals surface area contributed by atoms with Crippen LogP contribution >= 0.6 is 34.8 Å². The molecule has 0 fully saturated rings. The van der Waals surface area contributed by atoms with Gasteiger partial charge in [0.1, 0.15) is 11.5 Å². The van der Waals surface area contributed by atoms with E-state index in [2.05, 4.69) is 10.9 Å². The van der Waals surface area contributed by atoms with Crippen LogP contribution in [0.15, 0.2) is 36.4 Å². The minimum absolute atomic E-state index is 0.178. The van der Waals surface area contributed by atoms with Crippen LogP contribution in [-0.4, -0.2) is 25.5 Å². The number of methoxy groups -OCH3 is 1. The third-order valence-electron chi connectivity index (χ3n) is 2.97. The number of hydrogen-bond acceptors (Lipinski definition) is 4. The Hall–Kier alpha value is -2.15. The van der Waals surface area contributed by atoms with Crippen molar-refractivity contribution < 1.29 is 19.1 Å². The highest BCUT2D eigenvalue weighted by Gasteiger charge is 2.14. The number of carbonyl (C=O) groups is 2.